The van der Waals surface area contributed by atoms with E-state index in [1.54, 1.807) is 12.5 Å². The van der Waals surface area contributed by atoms with E-state index in [4.69, 9.17) is 4.98 Å². The molecule has 8 nitrogen and oxygen atoms in total. The lowest BCUT2D eigenvalue weighted by Gasteiger charge is -2.36. The standard InChI is InChI=1S/C16H18N8/c1-2-12(1)16-18-4-3-13(21-16)22-5-7-23(8-6-22)15-10-17-9-14-19-11-20-24(14)15/h3-4,9-12H,1-2,5-8H2. The first-order valence-electron chi connectivity index (χ1n) is 8.35. The van der Waals surface area contributed by atoms with Crippen LogP contribution in [-0.4, -0.2) is 55.7 Å². The largest absolute Gasteiger partial charge is 0.353 e. The first kappa shape index (κ1) is 13.6. The summed E-state index contributed by atoms with van der Waals surface area (Å²) in [6.07, 6.45) is 9.50. The van der Waals surface area contributed by atoms with Crippen LogP contribution in [0.15, 0.2) is 31.0 Å². The van der Waals surface area contributed by atoms with Gasteiger partial charge in [-0.15, -0.1) is 0 Å². The molecule has 5 rings (SSSR count). The Bertz CT molecular complexity index is 863. The summed E-state index contributed by atoms with van der Waals surface area (Å²) in [5.41, 5.74) is 0.778. The normalized spacial score (nSPS) is 18.3. The summed E-state index contributed by atoms with van der Waals surface area (Å²) in [6.45, 7) is 3.66. The van der Waals surface area contributed by atoms with Crippen LogP contribution in [0.1, 0.15) is 24.6 Å². The lowest BCUT2D eigenvalue weighted by Crippen LogP contribution is -2.47. The Hall–Kier alpha value is -2.77. The van der Waals surface area contributed by atoms with Crippen molar-refractivity contribution in [3.8, 4) is 0 Å². The molecular weight excluding hydrogens is 304 g/mol. The number of rotatable bonds is 3. The van der Waals surface area contributed by atoms with E-state index in [-0.39, 0.29) is 0 Å². The van der Waals surface area contributed by atoms with Crippen LogP contribution in [0.2, 0.25) is 0 Å². The van der Waals surface area contributed by atoms with Gasteiger partial charge in [0, 0.05) is 38.3 Å². The topological polar surface area (TPSA) is 75.3 Å². The van der Waals surface area contributed by atoms with Crippen LogP contribution in [0.5, 0.6) is 0 Å². The number of nitrogens with zero attached hydrogens (tertiary/aromatic N) is 8. The highest BCUT2D eigenvalue weighted by Gasteiger charge is 2.27. The van der Waals surface area contributed by atoms with Crippen LogP contribution in [0, 0.1) is 0 Å². The predicted molar refractivity (Wildman–Crippen MR) is 89.2 cm³/mol. The first-order valence-corrected chi connectivity index (χ1v) is 8.35. The van der Waals surface area contributed by atoms with E-state index in [1.807, 2.05) is 23.0 Å². The smallest absolute Gasteiger partial charge is 0.175 e. The molecule has 3 aromatic rings. The van der Waals surface area contributed by atoms with Crippen molar-refractivity contribution < 1.29 is 0 Å². The van der Waals surface area contributed by atoms with Gasteiger partial charge in [0.2, 0.25) is 0 Å². The van der Waals surface area contributed by atoms with Gasteiger partial charge in [-0.1, -0.05) is 0 Å². The Balaban J connectivity index is 1.34. The average molecular weight is 322 g/mol. The third-order valence-electron chi connectivity index (χ3n) is 4.70. The molecule has 0 aromatic carbocycles. The molecule has 4 heterocycles. The Kier molecular flexibility index (Phi) is 3.07. The second-order valence-electron chi connectivity index (χ2n) is 6.32. The highest BCUT2D eigenvalue weighted by molar-refractivity contribution is 5.49. The maximum absolute atomic E-state index is 4.75. The fourth-order valence-electron chi connectivity index (χ4n) is 3.20. The SMILES string of the molecule is c1cc(N2CCN(c3cncc4ncnn34)CC2)nc(C2CC2)n1. The average Bonchev–Trinajstić information content (AvgIpc) is 3.39. The third-order valence-corrected chi connectivity index (χ3v) is 4.70. The lowest BCUT2D eigenvalue weighted by atomic mass is 10.3. The van der Waals surface area contributed by atoms with E-state index in [2.05, 4.69) is 29.9 Å². The van der Waals surface area contributed by atoms with Gasteiger partial charge in [-0.2, -0.15) is 9.61 Å². The van der Waals surface area contributed by atoms with Gasteiger partial charge in [0.05, 0.1) is 12.4 Å². The quantitative estimate of drug-likeness (QED) is 0.715. The van der Waals surface area contributed by atoms with Crippen LogP contribution >= 0.6 is 0 Å². The van der Waals surface area contributed by atoms with Crippen molar-refractivity contribution in [2.75, 3.05) is 36.0 Å². The van der Waals surface area contributed by atoms with Gasteiger partial charge in [-0.25, -0.2) is 15.0 Å². The monoisotopic (exact) mass is 322 g/mol. The molecule has 0 atom stereocenters. The van der Waals surface area contributed by atoms with E-state index in [1.165, 1.54) is 12.8 Å². The molecule has 24 heavy (non-hydrogen) atoms. The van der Waals surface area contributed by atoms with Gasteiger partial charge >= 0.3 is 0 Å². The zero-order valence-electron chi connectivity index (χ0n) is 13.3. The molecular formula is C16H18N8. The molecule has 0 bridgehead atoms. The fourth-order valence-corrected chi connectivity index (χ4v) is 3.20. The number of anilines is 2. The fraction of sp³-hybridized carbons (Fsp3) is 0.438. The lowest BCUT2D eigenvalue weighted by molar-refractivity contribution is 0.631. The number of hydrogen-bond acceptors (Lipinski definition) is 7. The van der Waals surface area contributed by atoms with E-state index in [0.29, 0.717) is 5.92 Å². The van der Waals surface area contributed by atoms with Crippen molar-refractivity contribution in [1.82, 2.24) is 29.5 Å². The minimum atomic E-state index is 0.585. The third kappa shape index (κ3) is 2.34. The molecule has 3 aromatic heterocycles. The molecule has 0 unspecified atom stereocenters. The molecule has 2 fully saturated rings. The summed E-state index contributed by atoms with van der Waals surface area (Å²) in [5, 5.41) is 4.30. The van der Waals surface area contributed by atoms with Crippen LogP contribution in [0.3, 0.4) is 0 Å². The Morgan fingerprint density at radius 3 is 2.62 bits per heavy atom. The molecule has 2 aliphatic rings. The maximum Gasteiger partial charge on any atom is 0.175 e. The summed E-state index contributed by atoms with van der Waals surface area (Å²) in [5.74, 6) is 3.63. The molecule has 1 aliphatic carbocycles. The van der Waals surface area contributed by atoms with Gasteiger partial charge in [-0.05, 0) is 18.9 Å². The zero-order chi connectivity index (χ0) is 15.9. The molecule has 0 N–H and O–H groups in total. The molecule has 1 saturated carbocycles. The summed E-state index contributed by atoms with van der Waals surface area (Å²) >= 11 is 0. The second kappa shape index (κ2) is 5.40. The van der Waals surface area contributed by atoms with Crippen LogP contribution in [0.25, 0.3) is 5.65 Å². The Morgan fingerprint density at radius 2 is 1.79 bits per heavy atom. The second-order valence-corrected chi connectivity index (χ2v) is 6.32. The van der Waals surface area contributed by atoms with Crippen LogP contribution < -0.4 is 9.80 Å². The summed E-state index contributed by atoms with van der Waals surface area (Å²) in [6, 6.07) is 2.02. The van der Waals surface area contributed by atoms with Crippen molar-refractivity contribution in [2.45, 2.75) is 18.8 Å². The van der Waals surface area contributed by atoms with Crippen molar-refractivity contribution >= 4 is 17.3 Å². The molecule has 1 saturated heterocycles. The van der Waals surface area contributed by atoms with E-state index in [0.717, 1.165) is 49.3 Å². The van der Waals surface area contributed by atoms with Gasteiger partial charge < -0.3 is 9.80 Å². The molecule has 0 amide bonds. The van der Waals surface area contributed by atoms with Gasteiger partial charge in [-0.3, -0.25) is 4.98 Å². The highest BCUT2D eigenvalue weighted by atomic mass is 15.4. The predicted octanol–water partition coefficient (Wildman–Crippen LogP) is 1.12. The molecule has 122 valence electrons. The number of hydrogen-bond donors (Lipinski definition) is 0. The number of piperazine rings is 1. The Labute approximate surface area is 139 Å². The number of aromatic nitrogens is 6. The van der Waals surface area contributed by atoms with Crippen LogP contribution in [0.4, 0.5) is 11.6 Å². The summed E-state index contributed by atoms with van der Waals surface area (Å²) in [7, 11) is 0. The highest BCUT2D eigenvalue weighted by Crippen LogP contribution is 2.38. The van der Waals surface area contributed by atoms with Crippen molar-refractivity contribution in [1.29, 1.82) is 0 Å². The van der Waals surface area contributed by atoms with Gasteiger partial charge in [0.15, 0.2) is 11.5 Å². The number of fused-ring (bicyclic) bond motifs is 1. The Morgan fingerprint density at radius 1 is 0.958 bits per heavy atom. The van der Waals surface area contributed by atoms with Crippen molar-refractivity contribution in [3.63, 3.8) is 0 Å². The molecule has 8 heteroatoms. The zero-order valence-corrected chi connectivity index (χ0v) is 13.3. The molecule has 1 aliphatic heterocycles. The van der Waals surface area contributed by atoms with Crippen LogP contribution in [-0.2, 0) is 0 Å². The van der Waals surface area contributed by atoms with E-state index in [9.17, 15) is 0 Å². The van der Waals surface area contributed by atoms with Gasteiger partial charge in [0.1, 0.15) is 18.0 Å². The summed E-state index contributed by atoms with van der Waals surface area (Å²) in [4.78, 5) is 22.3. The van der Waals surface area contributed by atoms with E-state index >= 15 is 0 Å². The molecule has 0 spiro atoms. The van der Waals surface area contributed by atoms with E-state index < -0.39 is 0 Å². The van der Waals surface area contributed by atoms with Gasteiger partial charge in [0.25, 0.3) is 0 Å². The molecule has 0 radical (unpaired) electrons. The minimum absolute atomic E-state index is 0.585. The minimum Gasteiger partial charge on any atom is -0.353 e. The van der Waals surface area contributed by atoms with Crippen molar-refractivity contribution in [3.05, 3.63) is 36.8 Å². The first-order chi connectivity index (χ1) is 11.9. The maximum atomic E-state index is 4.75. The van der Waals surface area contributed by atoms with Crippen molar-refractivity contribution in [2.24, 2.45) is 0 Å². The summed E-state index contributed by atoms with van der Waals surface area (Å²) < 4.78 is 1.85.